The molecule has 0 fully saturated rings. The van der Waals surface area contributed by atoms with Crippen LogP contribution in [-0.4, -0.2) is 73.8 Å². The summed E-state index contributed by atoms with van der Waals surface area (Å²) in [6, 6.07) is 0. The van der Waals surface area contributed by atoms with Gasteiger partial charge in [-0.25, -0.2) is 4.79 Å². The fourth-order valence-corrected chi connectivity index (χ4v) is 0. The van der Waals surface area contributed by atoms with Crippen molar-refractivity contribution in [2.75, 3.05) is 0 Å². The number of rotatable bonds is 4. The molecule has 6 N–H and O–H groups in total. The van der Waals surface area contributed by atoms with Crippen molar-refractivity contribution >= 4 is 29.6 Å². The number of aliphatic hydroxyl groups is 3. The quantitative estimate of drug-likeness (QED) is 0.339. The first-order valence-electron chi connectivity index (χ1n) is 6.44. The van der Waals surface area contributed by atoms with Crippen molar-refractivity contribution < 1.29 is 51.3 Å². The molecule has 0 aliphatic rings. The molecule has 10 heteroatoms. The third-order valence-corrected chi connectivity index (χ3v) is 1.70. The van der Waals surface area contributed by atoms with Crippen molar-refractivity contribution in [3.8, 4) is 0 Å². The minimum atomic E-state index is -1.23. The smallest absolute Gasteiger partial charge is 0.479 e. The van der Waals surface area contributed by atoms with Crippen LogP contribution in [0, 0.1) is 0 Å². The predicted molar refractivity (Wildman–Crippen MR) is 85.5 cm³/mol. The zero-order valence-electron chi connectivity index (χ0n) is 15.6. The van der Waals surface area contributed by atoms with Crippen LogP contribution >= 0.6 is 0 Å². The zero-order chi connectivity index (χ0) is 19.7. The summed E-state index contributed by atoms with van der Waals surface area (Å²) in [7, 11) is 0. The normalized spacial score (nSPS) is 11.7. The van der Waals surface area contributed by atoms with Crippen LogP contribution in [0.15, 0.2) is 0 Å². The van der Waals surface area contributed by atoms with Gasteiger partial charge in [0.25, 0.3) is 0 Å². The molecule has 10 nitrogen and oxygen atoms in total. The van der Waals surface area contributed by atoms with Gasteiger partial charge in [0.05, 0.1) is 0 Å². The van der Waals surface area contributed by atoms with E-state index in [-0.39, 0.29) is 24.8 Å². The van der Waals surface area contributed by atoms with Gasteiger partial charge in [0, 0.05) is 6.92 Å². The van der Waals surface area contributed by atoms with Gasteiger partial charge in [-0.15, -0.1) is 0 Å². The summed E-state index contributed by atoms with van der Waals surface area (Å²) < 4.78 is 0. The lowest BCUT2D eigenvalue weighted by molar-refractivity contribution is -0.145. The van der Waals surface area contributed by atoms with Crippen molar-refractivity contribution in [2.24, 2.45) is 0 Å². The van der Waals surface area contributed by atoms with E-state index in [0.717, 1.165) is 0 Å². The van der Waals surface area contributed by atoms with Gasteiger partial charge in [-0.3, -0.25) is 19.2 Å². The van der Waals surface area contributed by atoms with Crippen LogP contribution in [0.2, 0.25) is 0 Å². The van der Waals surface area contributed by atoms with E-state index in [4.69, 9.17) is 25.2 Å². The number of aldehydes is 1. The molecular formula is C14H29O10+. The molecule has 0 aliphatic carbocycles. The Balaban J connectivity index is -0.0000000470. The maximum Gasteiger partial charge on any atom is 1.00 e. The number of carboxylic acid groups (broad SMARTS) is 1. The average Bonchev–Trinajstić information content (AvgIpc) is 2.40. The second-order valence-electron chi connectivity index (χ2n) is 4.32. The van der Waals surface area contributed by atoms with E-state index in [0.29, 0.717) is 0 Å². The number of aliphatic hydroxyl groups excluding tert-OH is 3. The summed E-state index contributed by atoms with van der Waals surface area (Å²) in [5.74, 6) is -1.98. The van der Waals surface area contributed by atoms with Gasteiger partial charge in [-0.1, -0.05) is 0 Å². The number of Topliss-reactive ketones (excluding diaryl/α,β-unsaturated/α-hetero) is 3. The van der Waals surface area contributed by atoms with Crippen molar-refractivity contribution in [1.82, 2.24) is 0 Å². The minimum Gasteiger partial charge on any atom is -0.479 e. The summed E-state index contributed by atoms with van der Waals surface area (Å²) in [6.07, 6.45) is -2.53. The molecule has 0 aliphatic heterocycles. The summed E-state index contributed by atoms with van der Waals surface area (Å²) in [4.78, 5) is 47.8. The Bertz CT molecular complexity index is 335. The molecule has 0 bridgehead atoms. The topological polar surface area (TPSA) is 198 Å². The molecule has 0 spiro atoms. The number of carbonyl (C=O) groups excluding carboxylic acids is 4. The van der Waals surface area contributed by atoms with Crippen LogP contribution in [0.3, 0.4) is 0 Å². The highest BCUT2D eigenvalue weighted by Crippen LogP contribution is 1.77. The van der Waals surface area contributed by atoms with Crippen LogP contribution in [0.5, 0.6) is 0 Å². The number of hydrogen-bond donors (Lipinski definition) is 4. The first-order valence-corrected chi connectivity index (χ1v) is 6.44. The minimum absolute atomic E-state index is 0. The van der Waals surface area contributed by atoms with Gasteiger partial charge in [0.15, 0.2) is 23.6 Å². The summed E-state index contributed by atoms with van der Waals surface area (Å²) in [5, 5.41) is 32.3. The Labute approximate surface area is 141 Å². The molecule has 3 atom stereocenters. The van der Waals surface area contributed by atoms with Crippen LogP contribution in [0.1, 0.15) is 43.0 Å². The zero-order valence-corrected chi connectivity index (χ0v) is 14.6. The Morgan fingerprint density at radius 3 is 0.917 bits per heavy atom. The van der Waals surface area contributed by atoms with Crippen LogP contribution < -0.4 is 0 Å². The second kappa shape index (κ2) is 21.0. The highest BCUT2D eigenvalue weighted by atomic mass is 16.4. The van der Waals surface area contributed by atoms with Gasteiger partial charge < -0.3 is 25.9 Å². The summed E-state index contributed by atoms with van der Waals surface area (Å²) >= 11 is 0. The van der Waals surface area contributed by atoms with E-state index in [1.54, 1.807) is 0 Å². The van der Waals surface area contributed by atoms with E-state index in [2.05, 4.69) is 0 Å². The lowest BCUT2D eigenvalue weighted by atomic mass is 10.3. The van der Waals surface area contributed by atoms with Crippen molar-refractivity contribution in [2.45, 2.75) is 59.9 Å². The van der Waals surface area contributed by atoms with Crippen LogP contribution in [-0.2, 0) is 24.0 Å². The van der Waals surface area contributed by atoms with Crippen LogP contribution in [0.25, 0.3) is 0 Å². The Hall–Kier alpha value is -2.01. The third kappa shape index (κ3) is 50.1. The van der Waals surface area contributed by atoms with E-state index < -0.39 is 30.1 Å². The largest absolute Gasteiger partial charge is 1.00 e. The number of carbonyl (C=O) groups is 5. The molecule has 0 radical (unpaired) electrons. The predicted octanol–water partition coefficient (Wildman–Crippen LogP) is -1.57. The Kier molecular flexibility index (Phi) is 29.4. The highest BCUT2D eigenvalue weighted by molar-refractivity contribution is 6.23. The monoisotopic (exact) mass is 357 g/mol. The lowest BCUT2D eigenvalue weighted by Crippen LogP contribution is -2.13. The lowest BCUT2D eigenvalue weighted by Gasteiger charge is -1.90. The molecule has 0 aromatic heterocycles. The molecular weight excluding hydrogens is 328 g/mol. The van der Waals surface area contributed by atoms with Crippen LogP contribution in [0.4, 0.5) is 0 Å². The SMILES string of the molecule is CC(=O)C(C)O.CC(=O)C=O.CC(=O)[C@@H](C)O.C[C@@H](O)C(=O)O.O.[H+]. The molecule has 144 valence electrons. The summed E-state index contributed by atoms with van der Waals surface area (Å²) in [5.41, 5.74) is 0. The number of ketones is 3. The molecule has 0 heterocycles. The molecule has 1 unspecified atom stereocenters. The second-order valence-corrected chi connectivity index (χ2v) is 4.32. The molecule has 0 amide bonds. The number of hydrogen-bond acceptors (Lipinski definition) is 8. The Morgan fingerprint density at radius 1 is 0.792 bits per heavy atom. The molecule has 0 aromatic rings. The van der Waals surface area contributed by atoms with E-state index in [1.165, 1.54) is 41.5 Å². The third-order valence-electron chi connectivity index (χ3n) is 1.70. The standard InChI is InChI=1S/2C4H8O2.C3H6O3.C3H4O2.H2O/c2*1-3(5)4(2)6;1-2(4)3(5)6;1-3(5)2-4;/h2*3,5H,1-2H3;2,4H,1H3,(H,5,6);2H,1H3;1H2/p+1/t3-;;2-;;/m1.1../s1. The first kappa shape index (κ1) is 33.6. The van der Waals surface area contributed by atoms with Gasteiger partial charge >= 0.3 is 7.40 Å². The molecule has 24 heavy (non-hydrogen) atoms. The fourth-order valence-electron chi connectivity index (χ4n) is 0. The molecule has 0 saturated heterocycles. The average molecular weight is 357 g/mol. The first-order chi connectivity index (χ1) is 10.2. The number of aliphatic carboxylic acids is 1. The fraction of sp³-hybridized carbons (Fsp3) is 0.643. The van der Waals surface area contributed by atoms with Gasteiger partial charge in [-0.05, 0) is 34.6 Å². The van der Waals surface area contributed by atoms with E-state index in [9.17, 15) is 19.2 Å². The maximum atomic E-state index is 9.89. The summed E-state index contributed by atoms with van der Waals surface area (Å²) in [6.45, 7) is 8.01. The van der Waals surface area contributed by atoms with E-state index in [1.807, 2.05) is 0 Å². The van der Waals surface area contributed by atoms with Gasteiger partial charge in [0.2, 0.25) is 0 Å². The highest BCUT2D eigenvalue weighted by Gasteiger charge is 2.01. The van der Waals surface area contributed by atoms with Gasteiger partial charge in [0.1, 0.15) is 18.3 Å². The maximum absolute atomic E-state index is 9.89. The van der Waals surface area contributed by atoms with Gasteiger partial charge in [-0.2, -0.15) is 0 Å². The molecule has 0 saturated carbocycles. The Morgan fingerprint density at radius 2 is 0.917 bits per heavy atom. The van der Waals surface area contributed by atoms with Crippen molar-refractivity contribution in [1.29, 1.82) is 0 Å². The van der Waals surface area contributed by atoms with Crippen molar-refractivity contribution in [3.05, 3.63) is 0 Å². The van der Waals surface area contributed by atoms with E-state index >= 15 is 0 Å². The molecule has 0 aromatic carbocycles. The number of carboxylic acids is 1. The van der Waals surface area contributed by atoms with Crippen molar-refractivity contribution in [3.63, 3.8) is 0 Å². The molecule has 0 rings (SSSR count).